The highest BCUT2D eigenvalue weighted by molar-refractivity contribution is 6.32. The Morgan fingerprint density at radius 1 is 1.25 bits per heavy atom. The van der Waals surface area contributed by atoms with Crippen LogP contribution in [0.1, 0.15) is 18.9 Å². The Kier molecular flexibility index (Phi) is 8.61. The van der Waals surface area contributed by atoms with E-state index in [2.05, 4.69) is 5.32 Å². The molecule has 0 radical (unpaired) electrons. The molecule has 4 nitrogen and oxygen atoms in total. The average molecular weight is 369 g/mol. The molecule has 1 atom stereocenters. The molecule has 0 spiro atoms. The molecule has 2 rings (SSSR count). The standard InChI is InChI=1S/C18H21ClN2O2.ClH/c1-2-10-23-17-9-8-14(12-15(17)19)21-18(22)16(20)11-13-6-4-3-5-7-13;/h3-9,12,16H,2,10-11,20H2,1H3,(H,21,22);1H/t16-;/m0./s1. The van der Waals surface area contributed by atoms with Crippen LogP contribution in [0.2, 0.25) is 5.02 Å². The molecule has 0 aliphatic heterocycles. The molecular weight excluding hydrogens is 347 g/mol. The van der Waals surface area contributed by atoms with Crippen LogP contribution < -0.4 is 15.8 Å². The Morgan fingerprint density at radius 3 is 2.58 bits per heavy atom. The van der Waals surface area contributed by atoms with E-state index in [1.54, 1.807) is 18.2 Å². The number of hydrogen-bond acceptors (Lipinski definition) is 3. The molecule has 0 heterocycles. The number of halogens is 2. The third-order valence-corrected chi connectivity index (χ3v) is 3.59. The number of amides is 1. The predicted molar refractivity (Wildman–Crippen MR) is 101 cm³/mol. The summed E-state index contributed by atoms with van der Waals surface area (Å²) in [6.07, 6.45) is 1.39. The van der Waals surface area contributed by atoms with Gasteiger partial charge >= 0.3 is 0 Å². The summed E-state index contributed by atoms with van der Waals surface area (Å²) in [7, 11) is 0. The van der Waals surface area contributed by atoms with Crippen molar-refractivity contribution in [1.29, 1.82) is 0 Å². The number of carbonyl (C=O) groups is 1. The highest BCUT2D eigenvalue weighted by Crippen LogP contribution is 2.27. The van der Waals surface area contributed by atoms with Crippen molar-refractivity contribution < 1.29 is 9.53 Å². The van der Waals surface area contributed by atoms with E-state index in [1.165, 1.54) is 0 Å². The van der Waals surface area contributed by atoms with Crippen molar-refractivity contribution in [3.63, 3.8) is 0 Å². The van der Waals surface area contributed by atoms with E-state index in [0.29, 0.717) is 29.5 Å². The SMILES string of the molecule is CCCOc1ccc(NC(=O)[C@@H](N)Cc2ccccc2)cc1Cl.Cl. The molecule has 0 aromatic heterocycles. The first-order valence-electron chi connectivity index (χ1n) is 7.63. The van der Waals surface area contributed by atoms with Gasteiger partial charge in [-0.05, 0) is 36.6 Å². The van der Waals surface area contributed by atoms with E-state index >= 15 is 0 Å². The second-order valence-corrected chi connectivity index (χ2v) is 5.69. The molecule has 3 N–H and O–H groups in total. The van der Waals surface area contributed by atoms with Crippen LogP contribution in [0.15, 0.2) is 48.5 Å². The number of benzene rings is 2. The van der Waals surface area contributed by atoms with Crippen LogP contribution >= 0.6 is 24.0 Å². The van der Waals surface area contributed by atoms with Crippen molar-refractivity contribution in [3.8, 4) is 5.75 Å². The Morgan fingerprint density at radius 2 is 1.96 bits per heavy atom. The van der Waals surface area contributed by atoms with Gasteiger partial charge in [0.15, 0.2) is 0 Å². The summed E-state index contributed by atoms with van der Waals surface area (Å²) in [6, 6.07) is 14.2. The average Bonchev–Trinajstić information content (AvgIpc) is 2.55. The van der Waals surface area contributed by atoms with Crippen LogP contribution in [0.4, 0.5) is 5.69 Å². The molecule has 2 aromatic rings. The summed E-state index contributed by atoms with van der Waals surface area (Å²) in [5.41, 5.74) is 7.59. The molecule has 130 valence electrons. The lowest BCUT2D eigenvalue weighted by Crippen LogP contribution is -2.37. The maximum absolute atomic E-state index is 12.2. The Hall–Kier alpha value is -1.75. The maximum Gasteiger partial charge on any atom is 0.241 e. The zero-order valence-electron chi connectivity index (χ0n) is 13.5. The van der Waals surface area contributed by atoms with Gasteiger partial charge in [0.05, 0.1) is 17.7 Å². The number of nitrogens with one attached hydrogen (secondary N) is 1. The Labute approximate surface area is 153 Å². The zero-order valence-corrected chi connectivity index (χ0v) is 15.1. The van der Waals surface area contributed by atoms with E-state index < -0.39 is 6.04 Å². The molecule has 0 fully saturated rings. The molecule has 6 heteroatoms. The fourth-order valence-electron chi connectivity index (χ4n) is 2.10. The predicted octanol–water partition coefficient (Wildman–Crippen LogP) is 4.06. The summed E-state index contributed by atoms with van der Waals surface area (Å²) < 4.78 is 5.50. The molecule has 0 unspecified atom stereocenters. The lowest BCUT2D eigenvalue weighted by Gasteiger charge is -2.13. The lowest BCUT2D eigenvalue weighted by atomic mass is 10.1. The molecule has 24 heavy (non-hydrogen) atoms. The van der Waals surface area contributed by atoms with Crippen LogP contribution in [0, 0.1) is 0 Å². The number of anilines is 1. The van der Waals surface area contributed by atoms with Gasteiger partial charge in [-0.2, -0.15) is 0 Å². The molecule has 0 saturated carbocycles. The van der Waals surface area contributed by atoms with Gasteiger partial charge in [-0.25, -0.2) is 0 Å². The lowest BCUT2D eigenvalue weighted by molar-refractivity contribution is -0.117. The van der Waals surface area contributed by atoms with Crippen LogP contribution in [0.25, 0.3) is 0 Å². The quantitative estimate of drug-likeness (QED) is 0.774. The normalized spacial score (nSPS) is 11.3. The van der Waals surface area contributed by atoms with Crippen molar-refractivity contribution >= 4 is 35.6 Å². The number of nitrogens with two attached hydrogens (primary N) is 1. The summed E-state index contributed by atoms with van der Waals surface area (Å²) >= 11 is 6.15. The fraction of sp³-hybridized carbons (Fsp3) is 0.278. The first-order valence-corrected chi connectivity index (χ1v) is 8.00. The summed E-state index contributed by atoms with van der Waals surface area (Å²) in [6.45, 7) is 2.63. The molecule has 1 amide bonds. The van der Waals surface area contributed by atoms with E-state index in [-0.39, 0.29) is 18.3 Å². The van der Waals surface area contributed by atoms with E-state index in [0.717, 1.165) is 12.0 Å². The molecule has 0 bridgehead atoms. The second-order valence-electron chi connectivity index (χ2n) is 5.28. The molecule has 0 aliphatic rings. The summed E-state index contributed by atoms with van der Waals surface area (Å²) in [5.74, 6) is 0.368. The number of ether oxygens (including phenoxy) is 1. The van der Waals surface area contributed by atoms with Gasteiger partial charge in [-0.1, -0.05) is 48.9 Å². The van der Waals surface area contributed by atoms with Crippen LogP contribution in [-0.2, 0) is 11.2 Å². The van der Waals surface area contributed by atoms with Gasteiger partial charge in [0.25, 0.3) is 0 Å². The van der Waals surface area contributed by atoms with Crippen molar-refractivity contribution in [1.82, 2.24) is 0 Å². The van der Waals surface area contributed by atoms with Gasteiger partial charge in [0.2, 0.25) is 5.91 Å². The van der Waals surface area contributed by atoms with Gasteiger partial charge in [0, 0.05) is 5.69 Å². The highest BCUT2D eigenvalue weighted by Gasteiger charge is 2.15. The topological polar surface area (TPSA) is 64.3 Å². The van der Waals surface area contributed by atoms with Gasteiger partial charge < -0.3 is 15.8 Å². The van der Waals surface area contributed by atoms with Gasteiger partial charge in [-0.15, -0.1) is 12.4 Å². The second kappa shape index (κ2) is 10.2. The number of hydrogen-bond donors (Lipinski definition) is 2. The summed E-state index contributed by atoms with van der Waals surface area (Å²) in [5, 5.41) is 3.25. The minimum Gasteiger partial charge on any atom is -0.492 e. The third-order valence-electron chi connectivity index (χ3n) is 3.30. The van der Waals surface area contributed by atoms with Crippen LogP contribution in [0.5, 0.6) is 5.75 Å². The number of rotatable bonds is 7. The fourth-order valence-corrected chi connectivity index (χ4v) is 2.34. The smallest absolute Gasteiger partial charge is 0.241 e. The Balaban J connectivity index is 0.00000288. The third kappa shape index (κ3) is 6.04. The van der Waals surface area contributed by atoms with Crippen molar-refractivity contribution in [3.05, 3.63) is 59.1 Å². The minimum absolute atomic E-state index is 0. The number of carbonyl (C=O) groups excluding carboxylic acids is 1. The van der Waals surface area contributed by atoms with Crippen LogP contribution in [0.3, 0.4) is 0 Å². The highest BCUT2D eigenvalue weighted by atomic mass is 35.5. The largest absolute Gasteiger partial charge is 0.492 e. The van der Waals surface area contributed by atoms with Crippen molar-refractivity contribution in [2.45, 2.75) is 25.8 Å². The zero-order chi connectivity index (χ0) is 16.7. The van der Waals surface area contributed by atoms with Crippen molar-refractivity contribution in [2.24, 2.45) is 5.73 Å². The van der Waals surface area contributed by atoms with Crippen LogP contribution in [-0.4, -0.2) is 18.6 Å². The maximum atomic E-state index is 12.2. The Bertz CT molecular complexity index is 651. The first kappa shape index (κ1) is 20.3. The van der Waals surface area contributed by atoms with Crippen molar-refractivity contribution in [2.75, 3.05) is 11.9 Å². The molecule has 0 aliphatic carbocycles. The monoisotopic (exact) mass is 368 g/mol. The van der Waals surface area contributed by atoms with E-state index in [4.69, 9.17) is 22.1 Å². The van der Waals surface area contributed by atoms with E-state index in [9.17, 15) is 4.79 Å². The first-order chi connectivity index (χ1) is 11.1. The molecular formula is C18H22Cl2N2O2. The molecule has 0 saturated heterocycles. The van der Waals surface area contributed by atoms with Gasteiger partial charge in [0.1, 0.15) is 5.75 Å². The van der Waals surface area contributed by atoms with Gasteiger partial charge in [-0.3, -0.25) is 4.79 Å². The summed E-state index contributed by atoms with van der Waals surface area (Å²) in [4.78, 5) is 12.2. The minimum atomic E-state index is -0.618. The van der Waals surface area contributed by atoms with E-state index in [1.807, 2.05) is 37.3 Å². The molecule has 2 aromatic carbocycles.